The third-order valence-electron chi connectivity index (χ3n) is 23.2. The van der Waals surface area contributed by atoms with Crippen LogP contribution >= 0.6 is 0 Å². The Morgan fingerprint density at radius 1 is 0.283 bits per heavy atom. The van der Waals surface area contributed by atoms with Crippen LogP contribution in [0.2, 0.25) is 0 Å². The van der Waals surface area contributed by atoms with Crippen molar-refractivity contribution in [1.29, 1.82) is 0 Å². The highest BCUT2D eigenvalue weighted by atomic mass is 15.1. The lowest BCUT2D eigenvalue weighted by Crippen LogP contribution is -2.61. The topological polar surface area (TPSA) is 9.86 Å². The lowest BCUT2D eigenvalue weighted by atomic mass is 9.33. The predicted molar refractivity (Wildman–Crippen MR) is 388 cm³/mol. The van der Waals surface area contributed by atoms with E-state index in [0.29, 0.717) is 0 Å². The Kier molecular flexibility index (Phi) is 10.8. The van der Waals surface area contributed by atoms with Crippen molar-refractivity contribution < 1.29 is 0 Å². The van der Waals surface area contributed by atoms with Gasteiger partial charge >= 0.3 is 0 Å². The molecule has 19 rings (SSSR count). The third kappa shape index (κ3) is 6.85. The lowest BCUT2D eigenvalue weighted by Gasteiger charge is -2.45. The minimum Gasteiger partial charge on any atom is -0.310 e. The normalized spacial score (nSPS) is 14.2. The summed E-state index contributed by atoms with van der Waals surface area (Å²) in [7, 11) is 0. The second-order valence-electron chi connectivity index (χ2n) is 29.1. The number of benzene rings is 13. The number of nitrogens with zero attached hydrogens (tertiary/aromatic N) is 2. The molecule has 2 aromatic heterocycles. The molecule has 0 atom stereocenters. The van der Waals surface area contributed by atoms with Gasteiger partial charge in [0.25, 0.3) is 6.71 Å². The van der Waals surface area contributed by atoms with Gasteiger partial charge in [-0.15, -0.1) is 0 Å². The number of hydrogen-bond acceptors (Lipinski definition) is 0. The van der Waals surface area contributed by atoms with Gasteiger partial charge in [-0.25, -0.2) is 0 Å². The maximum atomic E-state index is 2.82. The smallest absolute Gasteiger partial charge is 0.252 e. The maximum Gasteiger partial charge on any atom is 0.252 e. The zero-order valence-electron chi connectivity index (χ0n) is 53.5. The minimum absolute atomic E-state index is 0.179. The second-order valence-corrected chi connectivity index (χ2v) is 29.1. The Labute approximate surface area is 539 Å². The molecule has 0 bridgehead atoms. The van der Waals surface area contributed by atoms with Gasteiger partial charge < -0.3 is 9.13 Å². The molecule has 0 amide bonds. The summed E-state index contributed by atoms with van der Waals surface area (Å²) in [5, 5.41) is 7.66. The van der Waals surface area contributed by atoms with E-state index in [1.165, 1.54) is 171 Å². The highest BCUT2D eigenvalue weighted by molar-refractivity contribution is 7.00. The van der Waals surface area contributed by atoms with E-state index in [2.05, 4.69) is 338 Å². The van der Waals surface area contributed by atoms with Crippen LogP contribution in [-0.4, -0.2) is 15.8 Å². The molecule has 0 saturated heterocycles. The molecule has 13 aromatic carbocycles. The van der Waals surface area contributed by atoms with Gasteiger partial charge in [0.15, 0.2) is 0 Å². The van der Waals surface area contributed by atoms with Crippen molar-refractivity contribution in [2.24, 2.45) is 0 Å². The van der Waals surface area contributed by atoms with E-state index >= 15 is 0 Å². The van der Waals surface area contributed by atoms with Crippen molar-refractivity contribution in [1.82, 2.24) is 9.13 Å². The summed E-state index contributed by atoms with van der Waals surface area (Å²) in [6.07, 6.45) is 0. The molecule has 438 valence electrons. The fourth-order valence-electron chi connectivity index (χ4n) is 18.0. The van der Waals surface area contributed by atoms with Crippen molar-refractivity contribution >= 4 is 77.5 Å². The molecule has 3 heteroatoms. The van der Waals surface area contributed by atoms with E-state index in [9.17, 15) is 0 Å². The Morgan fingerprint density at radius 3 is 1.26 bits per heavy atom. The molecular weight excluding hydrogens is 1110 g/mol. The molecule has 0 N–H and O–H groups in total. The Morgan fingerprint density at radius 2 is 0.717 bits per heavy atom. The molecule has 3 aliphatic heterocycles. The van der Waals surface area contributed by atoms with E-state index in [-0.39, 0.29) is 28.4 Å². The predicted octanol–water partition coefficient (Wildman–Crippen LogP) is 19.8. The molecule has 92 heavy (non-hydrogen) atoms. The number of rotatable bonds is 9. The summed E-state index contributed by atoms with van der Waals surface area (Å²) in [6, 6.07) is 106. The van der Waals surface area contributed by atoms with Crippen LogP contribution in [0.1, 0.15) is 122 Å². The van der Waals surface area contributed by atoms with Crippen LogP contribution in [0.5, 0.6) is 0 Å². The van der Waals surface area contributed by atoms with Crippen molar-refractivity contribution in [2.75, 3.05) is 0 Å². The molecule has 4 aliphatic rings. The fraction of sp³-hybridized carbons (Fsp3) is 0.146. The van der Waals surface area contributed by atoms with Crippen molar-refractivity contribution in [2.45, 2.75) is 82.5 Å². The van der Waals surface area contributed by atoms with E-state index < -0.39 is 5.41 Å². The first-order valence-electron chi connectivity index (χ1n) is 33.1. The van der Waals surface area contributed by atoms with Gasteiger partial charge in [-0.1, -0.05) is 286 Å². The molecule has 0 saturated carbocycles. The minimum atomic E-state index is -0.730. The fourth-order valence-corrected chi connectivity index (χ4v) is 18.0. The van der Waals surface area contributed by atoms with Gasteiger partial charge in [-0.3, -0.25) is 0 Å². The summed E-state index contributed by atoms with van der Waals surface area (Å²) in [4.78, 5) is 0. The van der Waals surface area contributed by atoms with Gasteiger partial charge in [0, 0.05) is 65.5 Å². The van der Waals surface area contributed by atoms with Crippen LogP contribution in [0.25, 0.3) is 88.0 Å². The average molecular weight is 1180 g/mol. The van der Waals surface area contributed by atoms with E-state index in [4.69, 9.17) is 0 Å². The van der Waals surface area contributed by atoms with Gasteiger partial charge in [0.05, 0.1) is 22.1 Å². The Hall–Kier alpha value is -10.2. The standard InChI is InChI=1S/C89H69BN2/c1-85(2,57-29-13-9-14-30-57)61-43-44-78-68(46-61)69-48-63(87(5,6)59-33-17-11-18-34-59)51-76-81(69)91(78)83-67(56-42-41-54-27-21-22-28-55(54)45-56)53-75-84-79(83)90(76)77-52-64(88(7,8)60-35-19-12-20-36-60)49-71-70-47-62(86(3,4)58-31-15-10-16-32-58)50-74(80(70)92(84)82(71)77)89(75)72-39-25-23-37-65(72)66-38-24-26-40-73(66)89/h9-53H,1-8H3. The van der Waals surface area contributed by atoms with Crippen LogP contribution in [0.15, 0.2) is 273 Å². The van der Waals surface area contributed by atoms with Crippen LogP contribution in [0.4, 0.5) is 0 Å². The van der Waals surface area contributed by atoms with E-state index in [0.717, 1.165) is 0 Å². The largest absolute Gasteiger partial charge is 0.310 e. The Bertz CT molecular complexity index is 5630. The van der Waals surface area contributed by atoms with Crippen LogP contribution in [0, 0.1) is 0 Å². The summed E-state index contributed by atoms with van der Waals surface area (Å²) in [6.45, 7) is 19.3. The molecule has 2 nitrogen and oxygen atoms in total. The van der Waals surface area contributed by atoms with Gasteiger partial charge in [-0.05, 0) is 153 Å². The first-order valence-corrected chi connectivity index (χ1v) is 33.1. The molecule has 5 heterocycles. The van der Waals surface area contributed by atoms with Crippen LogP contribution < -0.4 is 16.4 Å². The monoisotopic (exact) mass is 1180 g/mol. The lowest BCUT2D eigenvalue weighted by molar-refractivity contribution is 0.637. The van der Waals surface area contributed by atoms with Gasteiger partial charge in [-0.2, -0.15) is 0 Å². The van der Waals surface area contributed by atoms with Crippen LogP contribution in [0.3, 0.4) is 0 Å². The summed E-state index contributed by atoms with van der Waals surface area (Å²) >= 11 is 0. The number of hydrogen-bond donors (Lipinski definition) is 0. The zero-order valence-corrected chi connectivity index (χ0v) is 53.5. The van der Waals surface area contributed by atoms with Gasteiger partial charge in [0.2, 0.25) is 0 Å². The molecule has 0 unspecified atom stereocenters. The molecule has 1 spiro atoms. The summed E-state index contributed by atoms with van der Waals surface area (Å²) in [5.74, 6) is 0. The first kappa shape index (κ1) is 53.6. The molecule has 0 fully saturated rings. The first-order chi connectivity index (χ1) is 44.7. The zero-order chi connectivity index (χ0) is 61.9. The third-order valence-corrected chi connectivity index (χ3v) is 23.2. The van der Waals surface area contributed by atoms with Gasteiger partial charge in [0.1, 0.15) is 0 Å². The molecule has 1 aliphatic carbocycles. The van der Waals surface area contributed by atoms with Crippen molar-refractivity contribution in [3.05, 3.63) is 340 Å². The van der Waals surface area contributed by atoms with Crippen LogP contribution in [-0.2, 0) is 27.1 Å². The molecule has 15 aromatic rings. The number of aromatic nitrogens is 2. The van der Waals surface area contributed by atoms with Crippen molar-refractivity contribution in [3.8, 4) is 33.6 Å². The highest BCUT2D eigenvalue weighted by Gasteiger charge is 2.56. The van der Waals surface area contributed by atoms with E-state index in [1.807, 2.05) is 0 Å². The average Bonchev–Trinajstić information content (AvgIpc) is 1.41. The molecule has 0 radical (unpaired) electrons. The van der Waals surface area contributed by atoms with E-state index in [1.54, 1.807) is 0 Å². The SMILES string of the molecule is CC(C)(c1ccccc1)c1ccc2c(c1)c1cc(C(C)(C)c3ccccc3)cc3c1n2-c1c(-c2ccc4ccccc4c2)cc2c4c1B3c1cc(C(C)(C)c3ccccc3)cc3c5cc(C(C)(C)c6ccccc6)cc(c5n-4c13)C21c2ccccc2-c2ccccc21. The molecular formula is C89H69BN2. The Balaban J connectivity index is 1.06. The summed E-state index contributed by atoms with van der Waals surface area (Å²) in [5.41, 5.74) is 30.6. The maximum absolute atomic E-state index is 2.82. The quantitative estimate of drug-likeness (QED) is 0.128. The summed E-state index contributed by atoms with van der Waals surface area (Å²) < 4.78 is 5.59. The second kappa shape index (κ2) is 18.5. The van der Waals surface area contributed by atoms with Crippen molar-refractivity contribution in [3.63, 3.8) is 0 Å². The number of fused-ring (bicyclic) bond motifs is 15. The highest BCUT2D eigenvalue weighted by Crippen LogP contribution is 2.63.